The zero-order valence-corrected chi connectivity index (χ0v) is 18.0. The first-order chi connectivity index (χ1) is 15.3. The summed E-state index contributed by atoms with van der Waals surface area (Å²) in [7, 11) is 0. The molecule has 32 heavy (non-hydrogen) atoms. The van der Waals surface area contributed by atoms with Crippen LogP contribution in [0.3, 0.4) is 0 Å². The number of aliphatic carboxylic acids is 1. The van der Waals surface area contributed by atoms with Crippen molar-refractivity contribution < 1.29 is 24.5 Å². The highest BCUT2D eigenvalue weighted by atomic mass is 35.5. The quantitative estimate of drug-likeness (QED) is 0.340. The summed E-state index contributed by atoms with van der Waals surface area (Å²) in [5.74, 6) is -1.90. The summed E-state index contributed by atoms with van der Waals surface area (Å²) in [6, 6.07) is 19.9. The smallest absolute Gasteiger partial charge is 0.341 e. The van der Waals surface area contributed by atoms with Gasteiger partial charge in [-0.2, -0.15) is 5.10 Å². The molecule has 0 aliphatic heterocycles. The predicted octanol–water partition coefficient (Wildman–Crippen LogP) is 3.84. The Balaban J connectivity index is 1.82. The number of amides is 1. The average Bonchev–Trinajstić information content (AvgIpc) is 2.79. The number of nitrogens with zero attached hydrogens (tertiary/aromatic N) is 1. The third kappa shape index (κ3) is 5.26. The van der Waals surface area contributed by atoms with E-state index in [0.717, 1.165) is 0 Å². The second-order valence-electron chi connectivity index (χ2n) is 6.64. The molecule has 0 fully saturated rings. The van der Waals surface area contributed by atoms with E-state index in [2.05, 4.69) is 10.5 Å². The first-order valence-corrected chi connectivity index (χ1v) is 10.1. The van der Waals surface area contributed by atoms with E-state index in [0.29, 0.717) is 16.7 Å². The van der Waals surface area contributed by atoms with Crippen molar-refractivity contribution in [2.75, 3.05) is 6.61 Å². The molecule has 0 spiro atoms. The first kappa shape index (κ1) is 23.3. The number of carbonyl (C=O) groups excluding carboxylic acids is 1. The lowest BCUT2D eigenvalue weighted by molar-refractivity contribution is -0.139. The number of carboxylic acids is 1. The Morgan fingerprint density at radius 2 is 1.47 bits per heavy atom. The van der Waals surface area contributed by atoms with Crippen LogP contribution in [0.4, 0.5) is 0 Å². The summed E-state index contributed by atoms with van der Waals surface area (Å²) >= 11 is 12.2. The molecule has 3 aromatic carbocycles. The van der Waals surface area contributed by atoms with Crippen LogP contribution in [-0.2, 0) is 15.2 Å². The van der Waals surface area contributed by atoms with Gasteiger partial charge in [0.2, 0.25) is 0 Å². The van der Waals surface area contributed by atoms with Gasteiger partial charge < -0.3 is 14.9 Å². The second kappa shape index (κ2) is 10.3. The Hall–Kier alpha value is -3.39. The lowest BCUT2D eigenvalue weighted by atomic mass is 9.85. The molecule has 0 aromatic heterocycles. The fourth-order valence-corrected chi connectivity index (χ4v) is 3.57. The van der Waals surface area contributed by atoms with Crippen molar-refractivity contribution in [1.29, 1.82) is 0 Å². The number of hydrogen-bond donors (Lipinski definition) is 3. The van der Waals surface area contributed by atoms with Crippen LogP contribution in [-0.4, -0.2) is 34.9 Å². The van der Waals surface area contributed by atoms with E-state index in [-0.39, 0.29) is 15.8 Å². The van der Waals surface area contributed by atoms with Gasteiger partial charge >= 0.3 is 5.97 Å². The third-order valence-corrected chi connectivity index (χ3v) is 5.01. The highest BCUT2D eigenvalue weighted by Gasteiger charge is 2.39. The van der Waals surface area contributed by atoms with Crippen molar-refractivity contribution in [2.24, 2.45) is 5.10 Å². The van der Waals surface area contributed by atoms with Gasteiger partial charge in [-0.25, -0.2) is 10.2 Å². The summed E-state index contributed by atoms with van der Waals surface area (Å²) in [5, 5.41) is 24.1. The first-order valence-electron chi connectivity index (χ1n) is 9.33. The number of ether oxygens (including phenoxy) is 1. The van der Waals surface area contributed by atoms with E-state index in [9.17, 15) is 14.7 Å². The molecule has 3 N–H and O–H groups in total. The number of carboxylic acid groups (broad SMARTS) is 1. The van der Waals surface area contributed by atoms with E-state index in [1.54, 1.807) is 60.7 Å². The van der Waals surface area contributed by atoms with E-state index in [1.165, 1.54) is 18.3 Å². The van der Waals surface area contributed by atoms with Crippen LogP contribution in [0, 0.1) is 0 Å². The Labute approximate surface area is 193 Å². The van der Waals surface area contributed by atoms with Crippen LogP contribution < -0.4 is 10.2 Å². The summed E-state index contributed by atoms with van der Waals surface area (Å²) < 4.78 is 5.06. The van der Waals surface area contributed by atoms with Crippen LogP contribution in [0.1, 0.15) is 16.7 Å². The van der Waals surface area contributed by atoms with Crippen molar-refractivity contribution in [3.63, 3.8) is 0 Å². The molecule has 0 bridgehead atoms. The third-order valence-electron chi connectivity index (χ3n) is 4.45. The number of nitrogens with one attached hydrogen (secondary N) is 1. The van der Waals surface area contributed by atoms with Gasteiger partial charge in [-0.1, -0.05) is 83.9 Å². The zero-order valence-electron chi connectivity index (χ0n) is 16.5. The SMILES string of the molecule is O=C(O)COc1c(Cl)cc(/C=N/NC(=O)C(O)(c2ccccc2)c2ccccc2)cc1Cl. The minimum absolute atomic E-state index is 0.0273. The average molecular weight is 473 g/mol. The number of hydrazone groups is 1. The van der Waals surface area contributed by atoms with Crippen LogP contribution in [0.2, 0.25) is 10.0 Å². The van der Waals surface area contributed by atoms with Gasteiger partial charge in [0.1, 0.15) is 0 Å². The lowest BCUT2D eigenvalue weighted by Gasteiger charge is -2.27. The molecule has 0 radical (unpaired) electrons. The summed E-state index contributed by atoms with van der Waals surface area (Å²) in [5.41, 5.74) is 1.56. The van der Waals surface area contributed by atoms with Gasteiger partial charge in [-0.3, -0.25) is 4.79 Å². The van der Waals surface area contributed by atoms with E-state index >= 15 is 0 Å². The summed E-state index contributed by atoms with van der Waals surface area (Å²) in [4.78, 5) is 23.7. The minimum atomic E-state index is -1.97. The molecule has 3 rings (SSSR count). The second-order valence-corrected chi connectivity index (χ2v) is 7.45. The van der Waals surface area contributed by atoms with E-state index < -0.39 is 24.1 Å². The van der Waals surface area contributed by atoms with Crippen molar-refractivity contribution >= 4 is 41.3 Å². The molecule has 0 unspecified atom stereocenters. The molecule has 0 aliphatic rings. The van der Waals surface area contributed by atoms with Crippen LogP contribution in [0.15, 0.2) is 77.9 Å². The molecule has 0 aliphatic carbocycles. The molecular weight excluding hydrogens is 455 g/mol. The highest BCUT2D eigenvalue weighted by molar-refractivity contribution is 6.37. The Bertz CT molecular complexity index is 1080. The maximum Gasteiger partial charge on any atom is 0.341 e. The molecule has 0 saturated carbocycles. The fraction of sp³-hybridized carbons (Fsp3) is 0.0870. The monoisotopic (exact) mass is 472 g/mol. The summed E-state index contributed by atoms with van der Waals surface area (Å²) in [6.45, 7) is -0.597. The minimum Gasteiger partial charge on any atom is -0.479 e. The number of carbonyl (C=O) groups is 2. The largest absolute Gasteiger partial charge is 0.479 e. The highest BCUT2D eigenvalue weighted by Crippen LogP contribution is 2.34. The van der Waals surface area contributed by atoms with Crippen LogP contribution in [0.25, 0.3) is 0 Å². The molecule has 164 valence electrons. The van der Waals surface area contributed by atoms with Gasteiger partial charge in [-0.05, 0) is 28.8 Å². The maximum atomic E-state index is 13.0. The molecule has 7 nitrogen and oxygen atoms in total. The van der Waals surface area contributed by atoms with Gasteiger partial charge in [-0.15, -0.1) is 0 Å². The standard InChI is InChI=1S/C23H18Cl2N2O5/c24-18-11-15(12-19(25)21(18)32-14-20(28)29)13-26-27-22(30)23(31,16-7-3-1-4-8-16)17-9-5-2-6-10-17/h1-13,31H,14H2,(H,27,30)(H,28,29)/b26-13+. The van der Waals surface area contributed by atoms with Gasteiger partial charge in [0, 0.05) is 0 Å². The number of hydrogen-bond acceptors (Lipinski definition) is 5. The Morgan fingerprint density at radius 3 is 1.94 bits per heavy atom. The Kier molecular flexibility index (Phi) is 7.48. The maximum absolute atomic E-state index is 13.0. The number of halogens is 2. The molecule has 9 heteroatoms. The normalized spacial score (nSPS) is 11.3. The van der Waals surface area contributed by atoms with E-state index in [1.807, 2.05) is 0 Å². The predicted molar refractivity (Wildman–Crippen MR) is 121 cm³/mol. The summed E-state index contributed by atoms with van der Waals surface area (Å²) in [6.07, 6.45) is 1.28. The Morgan fingerprint density at radius 1 is 0.969 bits per heavy atom. The van der Waals surface area contributed by atoms with Crippen LogP contribution in [0.5, 0.6) is 5.75 Å². The van der Waals surface area contributed by atoms with Gasteiger partial charge in [0.05, 0.1) is 16.3 Å². The van der Waals surface area contributed by atoms with Gasteiger partial charge in [0.25, 0.3) is 5.91 Å². The van der Waals surface area contributed by atoms with Crippen molar-refractivity contribution in [3.05, 3.63) is 99.5 Å². The van der Waals surface area contributed by atoms with E-state index in [4.69, 9.17) is 33.0 Å². The topological polar surface area (TPSA) is 108 Å². The molecule has 0 atom stereocenters. The van der Waals surface area contributed by atoms with Crippen molar-refractivity contribution in [3.8, 4) is 5.75 Å². The lowest BCUT2D eigenvalue weighted by Crippen LogP contribution is -2.43. The molecular formula is C23H18Cl2N2O5. The van der Waals surface area contributed by atoms with Crippen molar-refractivity contribution in [2.45, 2.75) is 5.60 Å². The fourth-order valence-electron chi connectivity index (χ4n) is 2.96. The molecule has 3 aromatic rings. The number of benzene rings is 3. The van der Waals surface area contributed by atoms with Crippen LogP contribution >= 0.6 is 23.2 Å². The molecule has 0 saturated heterocycles. The van der Waals surface area contributed by atoms with Gasteiger partial charge in [0.15, 0.2) is 18.0 Å². The molecule has 0 heterocycles. The number of rotatable bonds is 8. The zero-order chi connectivity index (χ0) is 23.1. The van der Waals surface area contributed by atoms with Crippen molar-refractivity contribution in [1.82, 2.24) is 5.43 Å². The number of aliphatic hydroxyl groups is 1. The molecule has 1 amide bonds.